The normalized spacial score (nSPS) is 10.4. The second kappa shape index (κ2) is 5.53. The van der Waals surface area contributed by atoms with Crippen molar-refractivity contribution in [1.29, 1.82) is 0 Å². The molecule has 0 aliphatic rings. The van der Waals surface area contributed by atoms with Gasteiger partial charge in [-0.15, -0.1) is 0 Å². The van der Waals surface area contributed by atoms with E-state index in [0.717, 1.165) is 0 Å². The summed E-state index contributed by atoms with van der Waals surface area (Å²) in [6.45, 7) is 1.97. The van der Waals surface area contributed by atoms with Crippen molar-refractivity contribution in [2.24, 2.45) is 0 Å². The van der Waals surface area contributed by atoms with Gasteiger partial charge in [-0.05, 0) is 19.1 Å². The van der Waals surface area contributed by atoms with Gasteiger partial charge in [0.05, 0.1) is 0 Å². The van der Waals surface area contributed by atoms with Gasteiger partial charge in [-0.25, -0.2) is 0 Å². The summed E-state index contributed by atoms with van der Waals surface area (Å²) in [7, 11) is 1.53. The Morgan fingerprint density at radius 1 is 1.53 bits per heavy atom. The number of aromatic hydroxyl groups is 1. The van der Waals surface area contributed by atoms with Gasteiger partial charge in [0.1, 0.15) is 12.4 Å². The molecular weight excluding hydrogens is 248 g/mol. The Kier molecular flexibility index (Phi) is 3.82. The molecule has 2 aromatic rings. The van der Waals surface area contributed by atoms with Gasteiger partial charge in [0.2, 0.25) is 0 Å². The quantitative estimate of drug-likeness (QED) is 0.881. The van der Waals surface area contributed by atoms with Gasteiger partial charge in [0.15, 0.2) is 11.5 Å². The molecule has 0 radical (unpaired) electrons. The topological polar surface area (TPSA) is 84.6 Å². The fourth-order valence-corrected chi connectivity index (χ4v) is 1.58. The molecule has 0 saturated heterocycles. The first-order valence-electron chi connectivity index (χ1n) is 5.66. The van der Waals surface area contributed by atoms with Crippen molar-refractivity contribution in [3.8, 4) is 5.75 Å². The number of aromatic nitrogens is 1. The van der Waals surface area contributed by atoms with Gasteiger partial charge >= 0.3 is 0 Å². The second-order valence-corrected chi connectivity index (χ2v) is 4.02. The lowest BCUT2D eigenvalue weighted by Crippen LogP contribution is -2.13. The van der Waals surface area contributed by atoms with E-state index >= 15 is 0 Å². The molecule has 0 fully saturated rings. The zero-order valence-electron chi connectivity index (χ0n) is 10.6. The Morgan fingerprint density at radius 3 is 3.05 bits per heavy atom. The molecular formula is C13H14N2O4. The maximum Gasteiger partial charge on any atom is 0.277 e. The van der Waals surface area contributed by atoms with Crippen LogP contribution in [0.15, 0.2) is 28.8 Å². The minimum Gasteiger partial charge on any atom is -0.508 e. The molecule has 2 N–H and O–H groups in total. The van der Waals surface area contributed by atoms with E-state index < -0.39 is 5.91 Å². The largest absolute Gasteiger partial charge is 0.508 e. The lowest BCUT2D eigenvalue weighted by molar-refractivity contribution is 0.101. The molecule has 1 aromatic carbocycles. The van der Waals surface area contributed by atoms with Crippen LogP contribution < -0.4 is 5.32 Å². The first kappa shape index (κ1) is 13.1. The van der Waals surface area contributed by atoms with Crippen molar-refractivity contribution < 1.29 is 19.2 Å². The van der Waals surface area contributed by atoms with Gasteiger partial charge in [0, 0.05) is 24.4 Å². The number of phenols is 1. The summed E-state index contributed by atoms with van der Waals surface area (Å²) in [5.41, 5.74) is 1.28. The molecule has 1 amide bonds. The molecule has 19 heavy (non-hydrogen) atoms. The molecule has 0 unspecified atom stereocenters. The van der Waals surface area contributed by atoms with Crippen LogP contribution >= 0.6 is 0 Å². The van der Waals surface area contributed by atoms with E-state index in [9.17, 15) is 9.90 Å². The number of rotatable bonds is 4. The highest BCUT2D eigenvalue weighted by Crippen LogP contribution is 2.24. The minimum atomic E-state index is -0.403. The Morgan fingerprint density at radius 2 is 2.32 bits per heavy atom. The van der Waals surface area contributed by atoms with Crippen LogP contribution in [-0.2, 0) is 11.3 Å². The van der Waals surface area contributed by atoms with Crippen molar-refractivity contribution in [3.63, 3.8) is 0 Å². The van der Waals surface area contributed by atoms with Crippen LogP contribution in [0, 0.1) is 6.92 Å². The lowest BCUT2D eigenvalue weighted by Gasteiger charge is -2.07. The number of ether oxygens (including phenoxy) is 1. The van der Waals surface area contributed by atoms with Gasteiger partial charge in [-0.1, -0.05) is 11.2 Å². The molecule has 2 rings (SSSR count). The van der Waals surface area contributed by atoms with Crippen LogP contribution in [-0.4, -0.2) is 23.3 Å². The molecule has 1 heterocycles. The number of carbonyl (C=O) groups excluding carboxylic acids is 1. The van der Waals surface area contributed by atoms with E-state index in [-0.39, 0.29) is 18.1 Å². The highest BCUT2D eigenvalue weighted by Gasteiger charge is 2.14. The summed E-state index contributed by atoms with van der Waals surface area (Å²) < 4.78 is 9.81. The number of methoxy groups -OCH3 is 1. The first-order chi connectivity index (χ1) is 9.11. The first-order valence-corrected chi connectivity index (χ1v) is 5.66. The Hall–Kier alpha value is -2.34. The number of hydrogen-bond acceptors (Lipinski definition) is 5. The molecule has 0 aliphatic carbocycles. The molecule has 6 heteroatoms. The van der Waals surface area contributed by atoms with Crippen LogP contribution in [0.2, 0.25) is 0 Å². The van der Waals surface area contributed by atoms with E-state index in [2.05, 4.69) is 10.5 Å². The zero-order valence-corrected chi connectivity index (χ0v) is 10.6. The van der Waals surface area contributed by atoms with Gasteiger partial charge < -0.3 is 19.7 Å². The number of phenolic OH excluding ortho intramolecular Hbond substituents is 1. The second-order valence-electron chi connectivity index (χ2n) is 4.02. The molecule has 1 aromatic heterocycles. The third kappa shape index (κ3) is 2.92. The van der Waals surface area contributed by atoms with E-state index in [1.807, 2.05) is 0 Å². The number of hydrogen-bond donors (Lipinski definition) is 2. The molecule has 0 spiro atoms. The van der Waals surface area contributed by atoms with Crippen molar-refractivity contribution in [2.45, 2.75) is 13.5 Å². The van der Waals surface area contributed by atoms with Crippen molar-refractivity contribution in [3.05, 3.63) is 41.3 Å². The van der Waals surface area contributed by atoms with Gasteiger partial charge in [-0.3, -0.25) is 4.79 Å². The van der Waals surface area contributed by atoms with E-state index in [0.29, 0.717) is 17.0 Å². The number of carbonyl (C=O) groups is 1. The fraction of sp³-hybridized carbons (Fsp3) is 0.231. The fourth-order valence-electron chi connectivity index (χ4n) is 1.58. The summed E-state index contributed by atoms with van der Waals surface area (Å²) >= 11 is 0. The Labute approximate surface area is 110 Å². The van der Waals surface area contributed by atoms with Gasteiger partial charge in [-0.2, -0.15) is 0 Å². The van der Waals surface area contributed by atoms with Crippen LogP contribution in [0.1, 0.15) is 21.8 Å². The average Bonchev–Trinajstić information content (AvgIpc) is 2.84. The number of amides is 1. The predicted molar refractivity (Wildman–Crippen MR) is 68.0 cm³/mol. The number of anilines is 1. The lowest BCUT2D eigenvalue weighted by atomic mass is 10.2. The van der Waals surface area contributed by atoms with Crippen LogP contribution in [0.4, 0.5) is 5.69 Å². The highest BCUT2D eigenvalue weighted by atomic mass is 16.5. The minimum absolute atomic E-state index is 0.123. The Bertz CT molecular complexity index is 592. The van der Waals surface area contributed by atoms with Crippen LogP contribution in [0.5, 0.6) is 5.75 Å². The standard InChI is InChI=1S/C13H14N2O4/c1-8-10(4-3-5-12(8)16)14-13(17)11-6-9(7-18-2)19-15-11/h3-6,16H,7H2,1-2H3,(H,14,17). The van der Waals surface area contributed by atoms with Gasteiger partial charge in [0.25, 0.3) is 5.91 Å². The summed E-state index contributed by atoms with van der Waals surface area (Å²) in [4.78, 5) is 11.9. The number of nitrogens with zero attached hydrogens (tertiary/aromatic N) is 1. The monoisotopic (exact) mass is 262 g/mol. The van der Waals surface area contributed by atoms with Crippen LogP contribution in [0.25, 0.3) is 0 Å². The molecule has 0 atom stereocenters. The SMILES string of the molecule is COCc1cc(C(=O)Nc2cccc(O)c2C)no1. The van der Waals surface area contributed by atoms with Crippen molar-refractivity contribution in [2.75, 3.05) is 12.4 Å². The van der Waals surface area contributed by atoms with E-state index in [4.69, 9.17) is 9.26 Å². The van der Waals surface area contributed by atoms with Crippen molar-refractivity contribution in [1.82, 2.24) is 5.16 Å². The molecule has 100 valence electrons. The van der Waals surface area contributed by atoms with E-state index in [1.165, 1.54) is 13.2 Å². The maximum absolute atomic E-state index is 11.9. The summed E-state index contributed by atoms with van der Waals surface area (Å²) in [6, 6.07) is 6.41. The molecule has 6 nitrogen and oxygen atoms in total. The average molecular weight is 262 g/mol. The van der Waals surface area contributed by atoms with E-state index in [1.54, 1.807) is 25.1 Å². The zero-order chi connectivity index (χ0) is 13.8. The summed E-state index contributed by atoms with van der Waals surface area (Å²) in [5, 5.41) is 15.9. The maximum atomic E-state index is 11.9. The predicted octanol–water partition coefficient (Wildman–Crippen LogP) is 2.09. The smallest absolute Gasteiger partial charge is 0.277 e. The van der Waals surface area contributed by atoms with Crippen molar-refractivity contribution >= 4 is 11.6 Å². The third-order valence-electron chi connectivity index (χ3n) is 2.63. The third-order valence-corrected chi connectivity index (χ3v) is 2.63. The summed E-state index contributed by atoms with van der Waals surface area (Å²) in [5.74, 6) is 0.193. The number of nitrogens with one attached hydrogen (secondary N) is 1. The summed E-state index contributed by atoms with van der Waals surface area (Å²) in [6.07, 6.45) is 0. The molecule has 0 aliphatic heterocycles. The number of benzene rings is 1. The Balaban J connectivity index is 2.14. The molecule has 0 bridgehead atoms. The molecule has 0 saturated carbocycles. The highest BCUT2D eigenvalue weighted by molar-refractivity contribution is 6.03. The van der Waals surface area contributed by atoms with Crippen LogP contribution in [0.3, 0.4) is 0 Å².